The monoisotopic (exact) mass is 511 g/mol. The molecule has 3 aromatic rings. The van der Waals surface area contributed by atoms with Gasteiger partial charge in [0, 0.05) is 18.0 Å². The Kier molecular flexibility index (Phi) is 6.94. The third-order valence-electron chi connectivity index (χ3n) is 5.54. The summed E-state index contributed by atoms with van der Waals surface area (Å²) in [5, 5.41) is 3.39. The number of hydrogen-bond acceptors (Lipinski definition) is 7. The first-order valence-electron chi connectivity index (χ1n) is 10.7. The number of H-pyrrole nitrogens is 1. The van der Waals surface area contributed by atoms with Crippen LogP contribution in [0.1, 0.15) is 42.1 Å². The van der Waals surface area contributed by atoms with Gasteiger partial charge < -0.3 is 15.0 Å². The Labute approximate surface area is 197 Å². The summed E-state index contributed by atoms with van der Waals surface area (Å²) in [5.41, 5.74) is -0.804. The fraction of sp³-hybridized carbons (Fsp3) is 0.381. The smallest absolute Gasteiger partial charge is 0.201 e. The van der Waals surface area contributed by atoms with Gasteiger partial charge in [-0.05, 0) is 31.4 Å². The number of sulfone groups is 1. The fourth-order valence-electron chi connectivity index (χ4n) is 3.81. The first kappa shape index (κ1) is 24.2. The Morgan fingerprint density at radius 2 is 1.97 bits per heavy atom. The number of carbonyl (C=O) groups is 1. The highest BCUT2D eigenvalue weighted by atomic mass is 32.2. The molecule has 1 aliphatic heterocycles. The predicted molar refractivity (Wildman–Crippen MR) is 126 cm³/mol. The average molecular weight is 512 g/mol. The zero-order valence-corrected chi connectivity index (χ0v) is 19.9. The van der Waals surface area contributed by atoms with Crippen LogP contribution >= 0.6 is 0 Å². The van der Waals surface area contributed by atoms with E-state index in [0.29, 0.717) is 19.3 Å². The van der Waals surface area contributed by atoms with E-state index in [4.69, 9.17) is 0 Å². The SMILES string of the molecule is CCCS(=O)Nc1ccc(F)c(C(=O)c2c[nH]c3ncnc(NC4CCS(=O)(=O)CC4)c23)c1F. The van der Waals surface area contributed by atoms with Crippen molar-refractivity contribution in [1.29, 1.82) is 0 Å². The molecular formula is C21H23F2N5O4S2. The summed E-state index contributed by atoms with van der Waals surface area (Å²) in [7, 11) is -4.65. The van der Waals surface area contributed by atoms with Crippen molar-refractivity contribution in [2.45, 2.75) is 32.2 Å². The number of aromatic nitrogens is 3. The number of nitrogens with zero attached hydrogens (tertiary/aromatic N) is 2. The molecule has 1 aliphatic rings. The van der Waals surface area contributed by atoms with Crippen LogP contribution in [-0.4, -0.2) is 56.7 Å². The van der Waals surface area contributed by atoms with E-state index in [2.05, 4.69) is 25.0 Å². The van der Waals surface area contributed by atoms with Gasteiger partial charge in [0.2, 0.25) is 5.78 Å². The van der Waals surface area contributed by atoms with Crippen LogP contribution in [0.5, 0.6) is 0 Å². The summed E-state index contributed by atoms with van der Waals surface area (Å²) in [6.07, 6.45) is 3.89. The van der Waals surface area contributed by atoms with Crippen molar-refractivity contribution in [2.75, 3.05) is 27.3 Å². The minimum Gasteiger partial charge on any atom is -0.367 e. The Balaban J connectivity index is 1.69. The number of rotatable bonds is 8. The lowest BCUT2D eigenvalue weighted by molar-refractivity contribution is 0.103. The Hall–Kier alpha value is -2.93. The average Bonchev–Trinajstić information content (AvgIpc) is 3.23. The summed E-state index contributed by atoms with van der Waals surface area (Å²) in [5.74, 6) is -2.55. The molecule has 34 heavy (non-hydrogen) atoms. The summed E-state index contributed by atoms with van der Waals surface area (Å²) < 4.78 is 67.7. The van der Waals surface area contributed by atoms with Crippen molar-refractivity contribution in [3.63, 3.8) is 0 Å². The van der Waals surface area contributed by atoms with Gasteiger partial charge in [0.25, 0.3) is 0 Å². The summed E-state index contributed by atoms with van der Waals surface area (Å²) in [6, 6.07) is 1.83. The van der Waals surface area contributed by atoms with E-state index in [0.717, 1.165) is 12.1 Å². The van der Waals surface area contributed by atoms with Crippen LogP contribution in [0.3, 0.4) is 0 Å². The van der Waals surface area contributed by atoms with Crippen LogP contribution in [0.4, 0.5) is 20.3 Å². The van der Waals surface area contributed by atoms with Crippen molar-refractivity contribution >= 4 is 49.1 Å². The standard InChI is InChI=1S/C21H23F2N5O4S2/c1-2-7-33(30)28-15-4-3-14(22)17(18(15)23)19(29)13-10-24-20-16(13)21(26-11-25-20)27-12-5-8-34(31,32)9-6-12/h3-4,10-12,28H,2,5-9H2,1H3,(H2,24,25,26,27). The Morgan fingerprint density at radius 3 is 2.68 bits per heavy atom. The van der Waals surface area contributed by atoms with Gasteiger partial charge in [-0.1, -0.05) is 6.92 Å². The summed E-state index contributed by atoms with van der Waals surface area (Å²) >= 11 is 0. The first-order chi connectivity index (χ1) is 16.2. The molecule has 1 fully saturated rings. The summed E-state index contributed by atoms with van der Waals surface area (Å²) in [4.78, 5) is 24.4. The topological polar surface area (TPSA) is 134 Å². The number of benzene rings is 1. The summed E-state index contributed by atoms with van der Waals surface area (Å²) in [6.45, 7) is 1.81. The molecule has 1 unspecified atom stereocenters. The lowest BCUT2D eigenvalue weighted by Gasteiger charge is -2.23. The van der Waals surface area contributed by atoms with Gasteiger partial charge in [0.15, 0.2) is 5.82 Å². The van der Waals surface area contributed by atoms with Gasteiger partial charge in [-0.2, -0.15) is 0 Å². The number of ketones is 1. The van der Waals surface area contributed by atoms with Crippen LogP contribution in [-0.2, 0) is 20.8 Å². The predicted octanol–water partition coefficient (Wildman–Crippen LogP) is 2.94. The molecule has 0 amide bonds. The molecule has 3 heterocycles. The highest BCUT2D eigenvalue weighted by Crippen LogP contribution is 2.30. The van der Waals surface area contributed by atoms with E-state index in [1.54, 1.807) is 0 Å². The molecular weight excluding hydrogens is 488 g/mol. The molecule has 0 spiro atoms. The third kappa shape index (κ3) is 4.94. The maximum atomic E-state index is 15.2. The lowest BCUT2D eigenvalue weighted by atomic mass is 10.0. The van der Waals surface area contributed by atoms with Crippen molar-refractivity contribution in [3.05, 3.63) is 47.4 Å². The van der Waals surface area contributed by atoms with E-state index < -0.39 is 43.8 Å². The molecule has 0 saturated carbocycles. The van der Waals surface area contributed by atoms with Crippen LogP contribution < -0.4 is 10.0 Å². The quantitative estimate of drug-likeness (QED) is 0.396. The maximum absolute atomic E-state index is 15.2. The number of anilines is 2. The largest absolute Gasteiger partial charge is 0.367 e. The second-order valence-corrected chi connectivity index (χ2v) is 11.6. The molecule has 1 saturated heterocycles. The van der Waals surface area contributed by atoms with E-state index in [1.165, 1.54) is 12.5 Å². The van der Waals surface area contributed by atoms with Crippen molar-refractivity contribution in [2.24, 2.45) is 0 Å². The Morgan fingerprint density at radius 1 is 1.24 bits per heavy atom. The second-order valence-electron chi connectivity index (χ2n) is 7.98. The number of aromatic amines is 1. The van der Waals surface area contributed by atoms with Crippen LogP contribution in [0.15, 0.2) is 24.7 Å². The molecule has 1 atom stereocenters. The van der Waals surface area contributed by atoms with Crippen molar-refractivity contribution in [3.8, 4) is 0 Å². The number of halogens is 2. The number of hydrogen-bond donors (Lipinski definition) is 3. The molecule has 1 aromatic carbocycles. The van der Waals surface area contributed by atoms with E-state index in [-0.39, 0.29) is 51.4 Å². The van der Waals surface area contributed by atoms with Gasteiger partial charge >= 0.3 is 0 Å². The molecule has 0 bridgehead atoms. The normalized spacial score (nSPS) is 16.9. The minimum absolute atomic E-state index is 0.0352. The molecule has 0 radical (unpaired) electrons. The van der Waals surface area contributed by atoms with Crippen LogP contribution in [0.2, 0.25) is 0 Å². The number of carbonyl (C=O) groups excluding carboxylic acids is 1. The zero-order chi connectivity index (χ0) is 24.5. The second kappa shape index (κ2) is 9.74. The highest BCUT2D eigenvalue weighted by Gasteiger charge is 2.28. The van der Waals surface area contributed by atoms with Gasteiger partial charge in [0.1, 0.15) is 44.4 Å². The zero-order valence-electron chi connectivity index (χ0n) is 18.2. The minimum atomic E-state index is -3.07. The molecule has 13 heteroatoms. The third-order valence-corrected chi connectivity index (χ3v) is 8.48. The molecule has 9 nitrogen and oxygen atoms in total. The van der Waals surface area contributed by atoms with Crippen molar-refractivity contribution in [1.82, 2.24) is 15.0 Å². The molecule has 3 N–H and O–H groups in total. The Bertz CT molecular complexity index is 1360. The van der Waals surface area contributed by atoms with Crippen molar-refractivity contribution < 1.29 is 26.2 Å². The van der Waals surface area contributed by atoms with Crippen LogP contribution in [0.25, 0.3) is 11.0 Å². The van der Waals surface area contributed by atoms with E-state index in [9.17, 15) is 21.8 Å². The molecule has 4 rings (SSSR count). The number of nitrogens with one attached hydrogen (secondary N) is 3. The van der Waals surface area contributed by atoms with Gasteiger partial charge in [-0.25, -0.2) is 31.4 Å². The molecule has 2 aromatic heterocycles. The van der Waals surface area contributed by atoms with E-state index >= 15 is 4.39 Å². The maximum Gasteiger partial charge on any atom is 0.201 e. The van der Waals surface area contributed by atoms with E-state index in [1.807, 2.05) is 6.92 Å². The highest BCUT2D eigenvalue weighted by molar-refractivity contribution is 7.91. The van der Waals surface area contributed by atoms with Gasteiger partial charge in [0.05, 0.1) is 33.7 Å². The fourth-order valence-corrected chi connectivity index (χ4v) is 6.18. The van der Waals surface area contributed by atoms with Gasteiger partial charge in [-0.3, -0.25) is 4.79 Å². The molecule has 0 aliphatic carbocycles. The van der Waals surface area contributed by atoms with Crippen LogP contribution in [0, 0.1) is 11.6 Å². The van der Waals surface area contributed by atoms with Gasteiger partial charge in [-0.15, -0.1) is 0 Å². The first-order valence-corrected chi connectivity index (χ1v) is 13.8. The number of fused-ring (bicyclic) bond motifs is 1. The lowest BCUT2D eigenvalue weighted by Crippen LogP contribution is -2.32. The molecule has 182 valence electrons.